The van der Waals surface area contributed by atoms with Crippen LogP contribution in [-0.4, -0.2) is 24.1 Å². The molecule has 0 aliphatic carbocycles. The number of Topliss-reactive ketones (excluding diaryl/α,β-unsaturated/α-hetero) is 1. The third-order valence-electron chi connectivity index (χ3n) is 2.73. The lowest BCUT2D eigenvalue weighted by Crippen LogP contribution is -2.32. The summed E-state index contributed by atoms with van der Waals surface area (Å²) in [6.07, 6.45) is -0.326. The van der Waals surface area contributed by atoms with Gasteiger partial charge in [-0.3, -0.25) is 4.79 Å². The number of ketones is 1. The summed E-state index contributed by atoms with van der Waals surface area (Å²) >= 11 is 0. The second kappa shape index (κ2) is 4.55. The highest BCUT2D eigenvalue weighted by Crippen LogP contribution is 2.26. The highest BCUT2D eigenvalue weighted by Gasteiger charge is 2.30. The predicted octanol–water partition coefficient (Wildman–Crippen LogP) is 1.33. The molecule has 2 atom stereocenters. The minimum absolute atomic E-state index is 0.0950. The van der Waals surface area contributed by atoms with Crippen molar-refractivity contribution in [3.05, 3.63) is 35.9 Å². The third kappa shape index (κ3) is 2.25. The first-order chi connectivity index (χ1) is 7.29. The van der Waals surface area contributed by atoms with Crippen LogP contribution in [0.5, 0.6) is 0 Å². The number of aliphatic hydroxyl groups is 1. The van der Waals surface area contributed by atoms with Crippen molar-refractivity contribution in [1.82, 2.24) is 0 Å². The molecule has 1 aliphatic rings. The molecule has 1 fully saturated rings. The first-order valence-corrected chi connectivity index (χ1v) is 5.12. The van der Waals surface area contributed by atoms with E-state index in [0.717, 1.165) is 5.56 Å². The van der Waals surface area contributed by atoms with E-state index in [0.29, 0.717) is 19.6 Å². The van der Waals surface area contributed by atoms with Crippen LogP contribution in [0.25, 0.3) is 0 Å². The van der Waals surface area contributed by atoms with Crippen LogP contribution in [0.3, 0.4) is 0 Å². The van der Waals surface area contributed by atoms with E-state index in [-0.39, 0.29) is 5.78 Å². The molecule has 1 N–H and O–H groups in total. The number of carbonyl (C=O) groups excluding carboxylic acids is 1. The van der Waals surface area contributed by atoms with Gasteiger partial charge in [-0.1, -0.05) is 30.3 Å². The summed E-state index contributed by atoms with van der Waals surface area (Å²) < 4.78 is 5.21. The number of carbonyl (C=O) groups is 1. The van der Waals surface area contributed by atoms with Crippen LogP contribution in [0.15, 0.2) is 30.3 Å². The molecule has 3 heteroatoms. The molecule has 0 saturated carbocycles. The number of rotatable bonds is 2. The second-order valence-electron chi connectivity index (χ2n) is 3.75. The van der Waals surface area contributed by atoms with Gasteiger partial charge in [-0.15, -0.1) is 0 Å². The van der Waals surface area contributed by atoms with E-state index in [4.69, 9.17) is 4.74 Å². The van der Waals surface area contributed by atoms with E-state index >= 15 is 0 Å². The summed E-state index contributed by atoms with van der Waals surface area (Å²) in [4.78, 5) is 11.6. The zero-order valence-electron chi connectivity index (χ0n) is 8.43. The van der Waals surface area contributed by atoms with Crippen LogP contribution in [0.4, 0.5) is 0 Å². The minimum Gasteiger partial charge on any atom is -0.388 e. The van der Waals surface area contributed by atoms with Gasteiger partial charge in [0.25, 0.3) is 0 Å². The zero-order chi connectivity index (χ0) is 10.7. The second-order valence-corrected chi connectivity index (χ2v) is 3.75. The Morgan fingerprint density at radius 3 is 2.73 bits per heavy atom. The quantitative estimate of drug-likeness (QED) is 0.794. The Bertz CT molecular complexity index is 334. The number of hydrogen-bond donors (Lipinski definition) is 1. The maximum absolute atomic E-state index is 11.6. The van der Waals surface area contributed by atoms with Gasteiger partial charge in [-0.25, -0.2) is 0 Å². The van der Waals surface area contributed by atoms with Crippen LogP contribution in [0, 0.1) is 5.92 Å². The van der Waals surface area contributed by atoms with Gasteiger partial charge in [0.05, 0.1) is 25.2 Å². The van der Waals surface area contributed by atoms with Crippen LogP contribution in [0.1, 0.15) is 18.1 Å². The SMILES string of the molecule is O=C1CCOC[C@H]1C(O)c1ccccc1. The van der Waals surface area contributed by atoms with E-state index in [9.17, 15) is 9.90 Å². The highest BCUT2D eigenvalue weighted by atomic mass is 16.5. The van der Waals surface area contributed by atoms with Gasteiger partial charge in [0.1, 0.15) is 5.78 Å². The van der Waals surface area contributed by atoms with E-state index in [2.05, 4.69) is 0 Å². The number of aliphatic hydroxyl groups excluding tert-OH is 1. The first-order valence-electron chi connectivity index (χ1n) is 5.12. The molecule has 80 valence electrons. The molecule has 1 aliphatic heterocycles. The standard InChI is InChI=1S/C12H14O3/c13-11-6-7-15-8-10(11)12(14)9-4-2-1-3-5-9/h1-5,10,12,14H,6-8H2/t10-,12?/m1/s1. The third-order valence-corrected chi connectivity index (χ3v) is 2.73. The molecule has 0 amide bonds. The van der Waals surface area contributed by atoms with Crippen molar-refractivity contribution in [3.63, 3.8) is 0 Å². The summed E-state index contributed by atoms with van der Waals surface area (Å²) in [5.41, 5.74) is 0.779. The van der Waals surface area contributed by atoms with Crippen molar-refractivity contribution >= 4 is 5.78 Å². The minimum atomic E-state index is -0.737. The summed E-state index contributed by atoms with van der Waals surface area (Å²) in [7, 11) is 0. The van der Waals surface area contributed by atoms with Gasteiger partial charge in [0, 0.05) is 6.42 Å². The van der Waals surface area contributed by atoms with E-state index in [1.54, 1.807) is 0 Å². The van der Waals surface area contributed by atoms with Gasteiger partial charge in [0.2, 0.25) is 0 Å². The zero-order valence-corrected chi connectivity index (χ0v) is 8.43. The highest BCUT2D eigenvalue weighted by molar-refractivity contribution is 5.82. The Kier molecular flexibility index (Phi) is 3.14. The van der Waals surface area contributed by atoms with Crippen molar-refractivity contribution in [2.75, 3.05) is 13.2 Å². The predicted molar refractivity (Wildman–Crippen MR) is 55.3 cm³/mol. The monoisotopic (exact) mass is 206 g/mol. The fourth-order valence-electron chi connectivity index (χ4n) is 1.81. The van der Waals surface area contributed by atoms with E-state index in [1.807, 2.05) is 30.3 Å². The van der Waals surface area contributed by atoms with Crippen LogP contribution >= 0.6 is 0 Å². The Hall–Kier alpha value is -1.19. The smallest absolute Gasteiger partial charge is 0.143 e. The molecule has 15 heavy (non-hydrogen) atoms. The van der Waals surface area contributed by atoms with Gasteiger partial charge in [-0.2, -0.15) is 0 Å². The molecule has 1 aromatic carbocycles. The number of hydrogen-bond acceptors (Lipinski definition) is 3. The lowest BCUT2D eigenvalue weighted by atomic mass is 9.90. The van der Waals surface area contributed by atoms with Crippen LogP contribution in [-0.2, 0) is 9.53 Å². The Balaban J connectivity index is 2.13. The van der Waals surface area contributed by atoms with Crippen LogP contribution in [0.2, 0.25) is 0 Å². The topological polar surface area (TPSA) is 46.5 Å². The molecule has 1 unspecified atom stereocenters. The van der Waals surface area contributed by atoms with Gasteiger partial charge >= 0.3 is 0 Å². The van der Waals surface area contributed by atoms with E-state index in [1.165, 1.54) is 0 Å². The molecular formula is C12H14O3. The molecular weight excluding hydrogens is 192 g/mol. The first kappa shape index (κ1) is 10.3. The average molecular weight is 206 g/mol. The van der Waals surface area contributed by atoms with Gasteiger partial charge < -0.3 is 9.84 Å². The van der Waals surface area contributed by atoms with Gasteiger partial charge in [-0.05, 0) is 5.56 Å². The fourth-order valence-corrected chi connectivity index (χ4v) is 1.81. The molecule has 1 heterocycles. The van der Waals surface area contributed by atoms with Crippen LogP contribution < -0.4 is 0 Å². The molecule has 1 aromatic rings. The normalized spacial score (nSPS) is 23.8. The van der Waals surface area contributed by atoms with Gasteiger partial charge in [0.15, 0.2) is 0 Å². The molecule has 2 rings (SSSR count). The van der Waals surface area contributed by atoms with E-state index < -0.39 is 12.0 Å². The summed E-state index contributed by atoms with van der Waals surface area (Å²) in [6.45, 7) is 0.811. The lowest BCUT2D eigenvalue weighted by molar-refractivity contribution is -0.136. The Labute approximate surface area is 88.7 Å². The molecule has 0 aromatic heterocycles. The molecule has 3 nitrogen and oxygen atoms in total. The summed E-state index contributed by atoms with van der Waals surface area (Å²) in [6, 6.07) is 9.24. The van der Waals surface area contributed by atoms with Crippen molar-refractivity contribution < 1.29 is 14.6 Å². The maximum Gasteiger partial charge on any atom is 0.143 e. The maximum atomic E-state index is 11.6. The Morgan fingerprint density at radius 1 is 1.33 bits per heavy atom. The molecule has 0 bridgehead atoms. The summed E-state index contributed by atoms with van der Waals surface area (Å²) in [5, 5.41) is 10.0. The molecule has 1 saturated heterocycles. The van der Waals surface area contributed by atoms with Crippen molar-refractivity contribution in [1.29, 1.82) is 0 Å². The fraction of sp³-hybridized carbons (Fsp3) is 0.417. The Morgan fingerprint density at radius 2 is 2.07 bits per heavy atom. The lowest BCUT2D eigenvalue weighted by Gasteiger charge is -2.25. The average Bonchev–Trinajstić information content (AvgIpc) is 2.30. The van der Waals surface area contributed by atoms with Crippen molar-refractivity contribution in [2.24, 2.45) is 5.92 Å². The van der Waals surface area contributed by atoms with Crippen molar-refractivity contribution in [2.45, 2.75) is 12.5 Å². The largest absolute Gasteiger partial charge is 0.388 e. The molecule has 0 radical (unpaired) electrons. The van der Waals surface area contributed by atoms with Crippen molar-refractivity contribution in [3.8, 4) is 0 Å². The number of benzene rings is 1. The number of ether oxygens (including phenoxy) is 1. The summed E-state index contributed by atoms with van der Waals surface area (Å²) in [5.74, 6) is -0.307. The molecule has 0 spiro atoms.